The molecule has 1 heterocycles. The molecule has 0 bridgehead atoms. The summed E-state index contributed by atoms with van der Waals surface area (Å²) in [6.45, 7) is 0.145. The van der Waals surface area contributed by atoms with E-state index in [4.69, 9.17) is 39.5 Å². The van der Waals surface area contributed by atoms with Crippen LogP contribution in [0.15, 0.2) is 53.5 Å². The molecule has 0 unspecified atom stereocenters. The molecule has 0 atom stereocenters. The molecule has 0 amide bonds. The molecule has 2 aromatic carbocycles. The summed E-state index contributed by atoms with van der Waals surface area (Å²) in [5.41, 5.74) is 0.861. The molecular weight excluding hydrogens is 411 g/mol. The fourth-order valence-corrected chi connectivity index (χ4v) is 3.60. The van der Waals surface area contributed by atoms with Crippen molar-refractivity contribution >= 4 is 40.6 Å². The van der Waals surface area contributed by atoms with E-state index in [0.717, 1.165) is 0 Å². The number of rotatable bonds is 5. The Labute approximate surface area is 170 Å². The summed E-state index contributed by atoms with van der Waals surface area (Å²) in [6, 6.07) is 10.8. The lowest BCUT2D eigenvalue weighted by molar-refractivity contribution is 0.103. The second-order valence-electron chi connectivity index (χ2n) is 5.62. The Morgan fingerprint density at radius 2 is 1.81 bits per heavy atom. The molecule has 0 spiro atoms. The molecule has 0 fully saturated rings. The Kier molecular flexibility index (Phi) is 5.85. The van der Waals surface area contributed by atoms with Gasteiger partial charge in [0, 0.05) is 28.4 Å². The van der Waals surface area contributed by atoms with Crippen LogP contribution >= 0.6 is 34.8 Å². The number of ether oxygens (including phenoxy) is 1. The highest BCUT2D eigenvalue weighted by Gasteiger charge is 2.19. The van der Waals surface area contributed by atoms with Gasteiger partial charge < -0.3 is 4.74 Å². The summed E-state index contributed by atoms with van der Waals surface area (Å²) in [4.78, 5) is 24.9. The third kappa shape index (κ3) is 4.16. The van der Waals surface area contributed by atoms with E-state index in [2.05, 4.69) is 5.10 Å². The summed E-state index contributed by atoms with van der Waals surface area (Å²) in [5, 5.41) is 4.69. The fourth-order valence-electron chi connectivity index (χ4n) is 2.61. The van der Waals surface area contributed by atoms with Crippen LogP contribution in [-0.4, -0.2) is 22.7 Å². The van der Waals surface area contributed by atoms with Gasteiger partial charge in [-0.05, 0) is 36.4 Å². The number of benzene rings is 2. The van der Waals surface area contributed by atoms with E-state index in [1.54, 1.807) is 24.3 Å². The number of hydrogen-bond donors (Lipinski definition) is 0. The predicted molar refractivity (Wildman–Crippen MR) is 105 cm³/mol. The van der Waals surface area contributed by atoms with Crippen LogP contribution in [-0.2, 0) is 6.54 Å². The lowest BCUT2D eigenvalue weighted by Gasteiger charge is -2.12. The van der Waals surface area contributed by atoms with Crippen molar-refractivity contribution in [2.75, 3.05) is 7.11 Å². The molecule has 0 aliphatic carbocycles. The third-order valence-electron chi connectivity index (χ3n) is 3.88. The molecule has 0 radical (unpaired) electrons. The topological polar surface area (TPSA) is 61.2 Å². The van der Waals surface area contributed by atoms with Crippen molar-refractivity contribution in [1.82, 2.24) is 9.78 Å². The van der Waals surface area contributed by atoms with Gasteiger partial charge in [0.1, 0.15) is 5.75 Å². The SMILES string of the molecule is COc1ccc(C(=O)c2c(Cl)cc(Cl)cc2Cl)cc1Cn1ncccc1=O. The van der Waals surface area contributed by atoms with Gasteiger partial charge in [0.15, 0.2) is 5.78 Å². The monoisotopic (exact) mass is 422 g/mol. The van der Waals surface area contributed by atoms with Gasteiger partial charge in [0.25, 0.3) is 5.56 Å². The summed E-state index contributed by atoms with van der Waals surface area (Å²) < 4.78 is 6.61. The average molecular weight is 424 g/mol. The van der Waals surface area contributed by atoms with Crippen molar-refractivity contribution in [3.8, 4) is 5.75 Å². The van der Waals surface area contributed by atoms with Crippen LogP contribution in [0.2, 0.25) is 15.1 Å². The van der Waals surface area contributed by atoms with E-state index >= 15 is 0 Å². The summed E-state index contributed by atoms with van der Waals surface area (Å²) in [5.74, 6) is 0.163. The minimum atomic E-state index is -0.362. The Bertz CT molecular complexity index is 1060. The lowest BCUT2D eigenvalue weighted by Crippen LogP contribution is -2.22. The molecular formula is C19H13Cl3N2O3. The number of methoxy groups -OCH3 is 1. The average Bonchev–Trinajstić information content (AvgIpc) is 2.62. The third-order valence-corrected chi connectivity index (χ3v) is 4.70. The number of halogens is 3. The highest BCUT2D eigenvalue weighted by atomic mass is 35.5. The highest BCUT2D eigenvalue weighted by molar-refractivity contribution is 6.43. The zero-order valence-electron chi connectivity index (χ0n) is 14.1. The maximum absolute atomic E-state index is 12.9. The van der Waals surface area contributed by atoms with E-state index < -0.39 is 0 Å². The van der Waals surface area contributed by atoms with Gasteiger partial charge in [-0.15, -0.1) is 0 Å². The van der Waals surface area contributed by atoms with Gasteiger partial charge in [0.05, 0.1) is 29.3 Å². The number of hydrogen-bond acceptors (Lipinski definition) is 4. The molecule has 0 saturated carbocycles. The molecule has 0 saturated heterocycles. The standard InChI is InChI=1S/C19H13Cl3N2O3/c1-27-16-5-4-11(7-12(16)10-24-17(25)3-2-6-23-24)19(26)18-14(21)8-13(20)9-15(18)22/h2-9H,10H2,1H3. The smallest absolute Gasteiger partial charge is 0.267 e. The van der Waals surface area contributed by atoms with Gasteiger partial charge >= 0.3 is 0 Å². The summed E-state index contributed by atoms with van der Waals surface area (Å²) in [7, 11) is 1.51. The molecule has 27 heavy (non-hydrogen) atoms. The predicted octanol–water partition coefficient (Wildman–Crippen LogP) is 4.49. The van der Waals surface area contributed by atoms with Gasteiger partial charge in [0.2, 0.25) is 0 Å². The quantitative estimate of drug-likeness (QED) is 0.567. The molecule has 8 heteroatoms. The first-order valence-electron chi connectivity index (χ1n) is 7.79. The zero-order chi connectivity index (χ0) is 19.6. The summed E-state index contributed by atoms with van der Waals surface area (Å²) in [6.07, 6.45) is 1.51. The van der Waals surface area contributed by atoms with Crippen LogP contribution in [0.4, 0.5) is 0 Å². The number of carbonyl (C=O) groups is 1. The van der Waals surface area contributed by atoms with Crippen molar-refractivity contribution in [2.45, 2.75) is 6.54 Å². The van der Waals surface area contributed by atoms with Crippen LogP contribution in [0.5, 0.6) is 5.75 Å². The van der Waals surface area contributed by atoms with E-state index in [9.17, 15) is 9.59 Å². The second kappa shape index (κ2) is 8.13. The molecule has 0 N–H and O–H groups in total. The van der Waals surface area contributed by atoms with E-state index in [1.165, 1.54) is 36.2 Å². The highest BCUT2D eigenvalue weighted by Crippen LogP contribution is 2.32. The minimum absolute atomic E-state index is 0.145. The molecule has 5 nitrogen and oxygen atoms in total. The van der Waals surface area contributed by atoms with Crippen LogP contribution < -0.4 is 10.3 Å². The molecule has 3 aromatic rings. The van der Waals surface area contributed by atoms with Crippen molar-refractivity contribution in [3.63, 3.8) is 0 Å². The Morgan fingerprint density at radius 3 is 2.44 bits per heavy atom. The minimum Gasteiger partial charge on any atom is -0.496 e. The van der Waals surface area contributed by atoms with Crippen molar-refractivity contribution in [2.24, 2.45) is 0 Å². The fraction of sp³-hybridized carbons (Fsp3) is 0.105. The normalized spacial score (nSPS) is 10.7. The van der Waals surface area contributed by atoms with Gasteiger partial charge in [-0.3, -0.25) is 9.59 Å². The summed E-state index contributed by atoms with van der Waals surface area (Å²) >= 11 is 18.2. The second-order valence-corrected chi connectivity index (χ2v) is 6.87. The number of nitrogens with zero attached hydrogens (tertiary/aromatic N) is 2. The molecule has 1 aromatic heterocycles. The maximum atomic E-state index is 12.9. The lowest BCUT2D eigenvalue weighted by atomic mass is 10.0. The molecule has 0 aliphatic rings. The van der Waals surface area contributed by atoms with Gasteiger partial charge in [-0.1, -0.05) is 34.8 Å². The van der Waals surface area contributed by atoms with Crippen LogP contribution in [0, 0.1) is 0 Å². The largest absolute Gasteiger partial charge is 0.496 e. The molecule has 3 rings (SSSR count). The number of carbonyl (C=O) groups excluding carboxylic acids is 1. The van der Waals surface area contributed by atoms with Crippen LogP contribution in [0.25, 0.3) is 0 Å². The Hall–Kier alpha value is -2.34. The zero-order valence-corrected chi connectivity index (χ0v) is 16.3. The van der Waals surface area contributed by atoms with Crippen molar-refractivity contribution in [1.29, 1.82) is 0 Å². The maximum Gasteiger partial charge on any atom is 0.267 e. The van der Waals surface area contributed by atoms with Crippen molar-refractivity contribution < 1.29 is 9.53 Å². The molecule has 0 aliphatic heterocycles. The Morgan fingerprint density at radius 1 is 1.11 bits per heavy atom. The van der Waals surface area contributed by atoms with Crippen LogP contribution in [0.3, 0.4) is 0 Å². The van der Waals surface area contributed by atoms with E-state index in [1.807, 2.05) is 0 Å². The molecule has 138 valence electrons. The number of ketones is 1. The Balaban J connectivity index is 2.04. The van der Waals surface area contributed by atoms with Gasteiger partial charge in [-0.25, -0.2) is 4.68 Å². The van der Waals surface area contributed by atoms with Crippen LogP contribution in [0.1, 0.15) is 21.5 Å². The van der Waals surface area contributed by atoms with Crippen molar-refractivity contribution in [3.05, 3.63) is 90.8 Å². The van der Waals surface area contributed by atoms with E-state index in [0.29, 0.717) is 21.9 Å². The number of aromatic nitrogens is 2. The van der Waals surface area contributed by atoms with E-state index in [-0.39, 0.29) is 33.5 Å². The van der Waals surface area contributed by atoms with Gasteiger partial charge in [-0.2, -0.15) is 5.10 Å². The first-order chi connectivity index (χ1) is 12.9. The first kappa shape index (κ1) is 19.4. The first-order valence-corrected chi connectivity index (χ1v) is 8.92.